The minimum absolute atomic E-state index is 0.141. The molecule has 0 aliphatic carbocycles. The summed E-state index contributed by atoms with van der Waals surface area (Å²) in [6.07, 6.45) is 4.04. The molecule has 39 heavy (non-hydrogen) atoms. The normalized spacial score (nSPS) is 23.0. The van der Waals surface area contributed by atoms with Crippen LogP contribution in [0.4, 0.5) is 4.79 Å². The van der Waals surface area contributed by atoms with Crippen LogP contribution in [-0.4, -0.2) is 65.8 Å². The number of carbonyl (C=O) groups is 3. The first kappa shape index (κ1) is 29.6. The number of halogens is 2. The smallest absolute Gasteiger partial charge is 0.407 e. The molecule has 0 spiro atoms. The Morgan fingerprint density at radius 2 is 2.00 bits per heavy atom. The first-order valence-electron chi connectivity index (χ1n) is 13.3. The highest BCUT2D eigenvalue weighted by molar-refractivity contribution is 9.11. The van der Waals surface area contributed by atoms with Crippen molar-refractivity contribution >= 4 is 60.6 Å². The quantitative estimate of drug-likeness (QED) is 0.419. The van der Waals surface area contributed by atoms with E-state index in [4.69, 9.17) is 14.2 Å². The molecule has 2 amide bonds. The number of nitrogens with zero attached hydrogens (tertiary/aromatic N) is 2. The fraction of sp³-hybridized carbons (Fsp3) is 0.571. The van der Waals surface area contributed by atoms with E-state index in [-0.39, 0.29) is 32.1 Å². The molecular formula is C28H35Br2N3O6. The number of fused-ring (bicyclic) bond motifs is 3. The molecule has 2 aliphatic rings. The zero-order chi connectivity index (χ0) is 28.3. The molecule has 0 unspecified atom stereocenters. The zero-order valence-corrected chi connectivity index (χ0v) is 25.9. The van der Waals surface area contributed by atoms with Crippen molar-refractivity contribution in [1.29, 1.82) is 0 Å². The summed E-state index contributed by atoms with van der Waals surface area (Å²) < 4.78 is 19.0. The maximum atomic E-state index is 13.9. The fourth-order valence-electron chi connectivity index (χ4n) is 5.06. The summed E-state index contributed by atoms with van der Waals surface area (Å²) in [6, 6.07) is 2.25. The molecule has 9 nitrogen and oxygen atoms in total. The molecular weight excluding hydrogens is 634 g/mol. The van der Waals surface area contributed by atoms with Crippen molar-refractivity contribution in [1.82, 2.24) is 15.2 Å². The van der Waals surface area contributed by atoms with Crippen LogP contribution in [0.5, 0.6) is 5.88 Å². The van der Waals surface area contributed by atoms with Gasteiger partial charge in [0, 0.05) is 26.9 Å². The fourth-order valence-corrected chi connectivity index (χ4v) is 6.36. The summed E-state index contributed by atoms with van der Waals surface area (Å²) in [6.45, 7) is 7.88. The van der Waals surface area contributed by atoms with Crippen molar-refractivity contribution in [3.8, 4) is 5.88 Å². The van der Waals surface area contributed by atoms with Crippen molar-refractivity contribution in [2.45, 2.75) is 78.0 Å². The Morgan fingerprint density at radius 1 is 1.23 bits per heavy atom. The van der Waals surface area contributed by atoms with Gasteiger partial charge in [0.2, 0.25) is 11.8 Å². The van der Waals surface area contributed by atoms with E-state index >= 15 is 0 Å². The summed E-state index contributed by atoms with van der Waals surface area (Å²) >= 11 is 7.49. The van der Waals surface area contributed by atoms with Gasteiger partial charge in [0.15, 0.2) is 0 Å². The van der Waals surface area contributed by atoms with Crippen molar-refractivity contribution in [2.75, 3.05) is 19.8 Å². The van der Waals surface area contributed by atoms with Crippen LogP contribution < -0.4 is 10.1 Å². The number of alkyl carbamates (subject to hydrolysis) is 1. The molecule has 2 aromatic rings. The summed E-state index contributed by atoms with van der Waals surface area (Å²) in [5.41, 5.74) is 0.465. The summed E-state index contributed by atoms with van der Waals surface area (Å²) in [4.78, 5) is 45.6. The number of aromatic nitrogens is 1. The van der Waals surface area contributed by atoms with Gasteiger partial charge in [-0.1, -0.05) is 36.7 Å². The van der Waals surface area contributed by atoms with Crippen LogP contribution in [0.2, 0.25) is 0 Å². The second-order valence-corrected chi connectivity index (χ2v) is 12.6. The van der Waals surface area contributed by atoms with E-state index in [1.807, 2.05) is 26.8 Å². The Hall–Kier alpha value is -2.40. The standard InChI is InChI=1S/C28H35Br2N3O6/c1-5-37-26(35)20-14-17-15-33(20)25(34)23(28(2,3)4)32-27(36)38-12-8-6-7-9-16-13-19(29)18-10-11-31-24(39-17)21(18)22(16)30/h10-11,13,17,20,23H,5-9,12,14-15H2,1-4H3,(H,32,36)/t17-,20+,23-/m1/s1. The number of carbonyl (C=O) groups excluding carboxylic acids is 3. The molecule has 1 aromatic heterocycles. The molecule has 2 aliphatic heterocycles. The van der Waals surface area contributed by atoms with Gasteiger partial charge in [-0.05, 0) is 71.6 Å². The molecule has 1 fully saturated rings. The minimum atomic E-state index is -0.914. The Kier molecular flexibility index (Phi) is 9.41. The molecule has 3 atom stereocenters. The van der Waals surface area contributed by atoms with Crippen LogP contribution in [0, 0.1) is 5.41 Å². The van der Waals surface area contributed by atoms with E-state index in [1.165, 1.54) is 4.90 Å². The van der Waals surface area contributed by atoms with E-state index in [0.717, 1.165) is 44.5 Å². The highest BCUT2D eigenvalue weighted by atomic mass is 79.9. The second kappa shape index (κ2) is 12.4. The van der Waals surface area contributed by atoms with E-state index in [0.29, 0.717) is 12.3 Å². The van der Waals surface area contributed by atoms with Crippen LogP contribution in [0.1, 0.15) is 58.9 Å². The van der Waals surface area contributed by atoms with Crippen molar-refractivity contribution in [3.05, 3.63) is 32.8 Å². The molecule has 1 aromatic carbocycles. The Balaban J connectivity index is 1.76. The second-order valence-electron chi connectivity index (χ2n) is 11.0. The Labute approximate surface area is 245 Å². The monoisotopic (exact) mass is 667 g/mol. The zero-order valence-electron chi connectivity index (χ0n) is 22.7. The van der Waals surface area contributed by atoms with Gasteiger partial charge in [-0.15, -0.1) is 0 Å². The third-order valence-electron chi connectivity index (χ3n) is 7.06. The van der Waals surface area contributed by atoms with Gasteiger partial charge in [0.25, 0.3) is 0 Å². The van der Waals surface area contributed by atoms with Crippen LogP contribution in [0.3, 0.4) is 0 Å². The number of benzene rings is 1. The number of aryl methyl sites for hydroxylation is 1. The highest BCUT2D eigenvalue weighted by Crippen LogP contribution is 2.40. The van der Waals surface area contributed by atoms with Gasteiger partial charge in [-0.2, -0.15) is 0 Å². The predicted molar refractivity (Wildman–Crippen MR) is 154 cm³/mol. The number of ether oxygens (including phenoxy) is 3. The first-order chi connectivity index (χ1) is 18.5. The van der Waals surface area contributed by atoms with Gasteiger partial charge in [-0.25, -0.2) is 14.6 Å². The maximum Gasteiger partial charge on any atom is 0.407 e. The molecule has 0 saturated carbocycles. The lowest BCUT2D eigenvalue weighted by Gasteiger charge is -2.34. The van der Waals surface area contributed by atoms with Gasteiger partial charge < -0.3 is 24.4 Å². The van der Waals surface area contributed by atoms with Gasteiger partial charge in [0.05, 0.1) is 25.1 Å². The van der Waals surface area contributed by atoms with Crippen LogP contribution >= 0.6 is 31.9 Å². The number of pyridine rings is 1. The van der Waals surface area contributed by atoms with Crippen molar-refractivity contribution < 1.29 is 28.6 Å². The third-order valence-corrected chi connectivity index (χ3v) is 8.62. The third kappa shape index (κ3) is 6.67. The highest BCUT2D eigenvalue weighted by Gasteiger charge is 2.46. The van der Waals surface area contributed by atoms with Crippen molar-refractivity contribution in [2.24, 2.45) is 5.41 Å². The summed E-state index contributed by atoms with van der Waals surface area (Å²) in [7, 11) is 0. The van der Waals surface area contributed by atoms with Crippen LogP contribution in [-0.2, 0) is 25.5 Å². The van der Waals surface area contributed by atoms with Crippen LogP contribution in [0.15, 0.2) is 27.3 Å². The number of hydrogen-bond donors (Lipinski definition) is 1. The number of amides is 2. The molecule has 3 heterocycles. The lowest BCUT2D eigenvalue weighted by atomic mass is 9.85. The number of hydrogen-bond acceptors (Lipinski definition) is 7. The number of esters is 1. The Bertz CT molecular complexity index is 1250. The molecule has 1 saturated heterocycles. The molecule has 1 N–H and O–H groups in total. The predicted octanol–water partition coefficient (Wildman–Crippen LogP) is 5.54. The maximum absolute atomic E-state index is 13.9. The molecule has 4 bridgehead atoms. The molecule has 4 rings (SSSR count). The van der Waals surface area contributed by atoms with E-state index in [9.17, 15) is 14.4 Å². The summed E-state index contributed by atoms with van der Waals surface area (Å²) in [5, 5.41) is 4.53. The largest absolute Gasteiger partial charge is 0.472 e. The SMILES string of the molecule is CCOC(=O)[C@@H]1C[C@@H]2CN1C(=O)[C@H](C(C)(C)C)NC(=O)OCCCCCc1cc(Br)c3ccnc(c3c1Br)O2. The minimum Gasteiger partial charge on any atom is -0.472 e. The van der Waals surface area contributed by atoms with E-state index in [1.54, 1.807) is 13.1 Å². The van der Waals surface area contributed by atoms with Gasteiger partial charge in [-0.3, -0.25) is 4.79 Å². The van der Waals surface area contributed by atoms with Crippen LogP contribution in [0.25, 0.3) is 10.8 Å². The first-order valence-corrected chi connectivity index (χ1v) is 14.9. The number of rotatable bonds is 2. The van der Waals surface area contributed by atoms with Gasteiger partial charge in [0.1, 0.15) is 18.2 Å². The molecule has 212 valence electrons. The number of cyclic esters (lactones) is 1. The lowest BCUT2D eigenvalue weighted by Crippen LogP contribution is -2.57. The molecule has 0 radical (unpaired) electrons. The average molecular weight is 669 g/mol. The average Bonchev–Trinajstić information content (AvgIpc) is 3.30. The Morgan fingerprint density at radius 3 is 2.72 bits per heavy atom. The summed E-state index contributed by atoms with van der Waals surface area (Å²) in [5.74, 6) is -0.462. The lowest BCUT2D eigenvalue weighted by molar-refractivity contribution is -0.154. The molecule has 11 heteroatoms. The number of nitrogens with one attached hydrogen (secondary N) is 1. The van der Waals surface area contributed by atoms with E-state index < -0.39 is 35.7 Å². The van der Waals surface area contributed by atoms with Crippen molar-refractivity contribution in [3.63, 3.8) is 0 Å². The van der Waals surface area contributed by atoms with E-state index in [2.05, 4.69) is 48.2 Å². The van der Waals surface area contributed by atoms with Gasteiger partial charge >= 0.3 is 12.1 Å². The topological polar surface area (TPSA) is 107 Å².